The van der Waals surface area contributed by atoms with Gasteiger partial charge in [0.25, 0.3) is 0 Å². The van der Waals surface area contributed by atoms with E-state index in [4.69, 9.17) is 4.42 Å². The molecule has 11 aromatic rings. The molecule has 0 N–H and O–H groups in total. The average molecular weight is 657 g/mol. The normalized spacial score (nSPS) is 12.0. The van der Waals surface area contributed by atoms with Gasteiger partial charge in [-0.1, -0.05) is 103 Å². The standard InChI is InChI=1S/C46H28N2OS/c1-2-12-30(13-3-1)48-39-17-8-6-15-34(39)38-27-31(23-26-40(38)48)47(41-18-10-20-43-45(41)37-16-7-9-19-42(37)49-43)32-22-25-35-36-24-21-29-11-4-5-14-33(29)46(36)50-44(35)28-32/h1-28H. The molecule has 3 aromatic heterocycles. The first-order valence-electron chi connectivity index (χ1n) is 16.9. The lowest BCUT2D eigenvalue weighted by Gasteiger charge is -2.26. The van der Waals surface area contributed by atoms with Crippen LogP contribution < -0.4 is 4.90 Å². The molecule has 0 aliphatic rings. The molecule has 11 rings (SSSR count). The van der Waals surface area contributed by atoms with Crippen molar-refractivity contribution in [3.63, 3.8) is 0 Å². The van der Waals surface area contributed by atoms with E-state index in [-0.39, 0.29) is 0 Å². The van der Waals surface area contributed by atoms with Gasteiger partial charge in [-0.25, -0.2) is 0 Å². The SMILES string of the molecule is c1ccc(-n2c3ccccc3c3cc(N(c4ccc5c(c4)sc4c6ccccc6ccc54)c4cccc5oc6ccccc6c45)ccc32)cc1. The van der Waals surface area contributed by atoms with Crippen molar-refractivity contribution in [1.82, 2.24) is 4.57 Å². The predicted octanol–water partition coefficient (Wildman–Crippen LogP) is 13.7. The molecule has 0 spiro atoms. The number of aromatic nitrogens is 1. The van der Waals surface area contributed by atoms with Crippen LogP contribution in [0.4, 0.5) is 17.1 Å². The van der Waals surface area contributed by atoms with Crippen molar-refractivity contribution >= 4 is 103 Å². The highest BCUT2D eigenvalue weighted by molar-refractivity contribution is 7.26. The number of anilines is 3. The van der Waals surface area contributed by atoms with Gasteiger partial charge in [0.15, 0.2) is 0 Å². The minimum Gasteiger partial charge on any atom is -0.456 e. The Hall–Kier alpha value is -6.36. The number of nitrogens with zero attached hydrogens (tertiary/aromatic N) is 2. The molecule has 0 unspecified atom stereocenters. The molecule has 3 heterocycles. The van der Waals surface area contributed by atoms with Gasteiger partial charge in [0, 0.05) is 53.4 Å². The van der Waals surface area contributed by atoms with Crippen LogP contribution in [0.5, 0.6) is 0 Å². The van der Waals surface area contributed by atoms with Crippen molar-refractivity contribution in [2.75, 3.05) is 4.90 Å². The fourth-order valence-electron chi connectivity index (χ4n) is 7.96. The number of hydrogen-bond acceptors (Lipinski definition) is 3. The van der Waals surface area contributed by atoms with E-state index >= 15 is 0 Å². The maximum absolute atomic E-state index is 6.42. The second-order valence-electron chi connectivity index (χ2n) is 12.9. The molecular weight excluding hydrogens is 629 g/mol. The fraction of sp³-hybridized carbons (Fsp3) is 0. The highest BCUT2D eigenvalue weighted by Gasteiger charge is 2.22. The molecule has 0 saturated heterocycles. The maximum Gasteiger partial charge on any atom is 0.137 e. The van der Waals surface area contributed by atoms with Crippen LogP contribution in [0.1, 0.15) is 0 Å². The van der Waals surface area contributed by atoms with Crippen LogP contribution >= 0.6 is 11.3 Å². The number of para-hydroxylation sites is 3. The Balaban J connectivity index is 1.20. The molecule has 0 aliphatic carbocycles. The van der Waals surface area contributed by atoms with Gasteiger partial charge in [-0.05, 0) is 77.5 Å². The second kappa shape index (κ2) is 10.6. The number of hydrogen-bond donors (Lipinski definition) is 0. The summed E-state index contributed by atoms with van der Waals surface area (Å²) in [5, 5.41) is 9.83. The van der Waals surface area contributed by atoms with Crippen molar-refractivity contribution in [2.24, 2.45) is 0 Å². The summed E-state index contributed by atoms with van der Waals surface area (Å²) in [7, 11) is 0. The zero-order valence-electron chi connectivity index (χ0n) is 26.9. The highest BCUT2D eigenvalue weighted by Crippen LogP contribution is 2.47. The smallest absolute Gasteiger partial charge is 0.137 e. The van der Waals surface area contributed by atoms with Crippen LogP contribution in [0.25, 0.3) is 80.4 Å². The summed E-state index contributed by atoms with van der Waals surface area (Å²) < 4.78 is 11.4. The molecule has 0 bridgehead atoms. The summed E-state index contributed by atoms with van der Waals surface area (Å²) in [5.74, 6) is 0. The number of thiophene rings is 1. The van der Waals surface area contributed by atoms with E-state index in [1.54, 1.807) is 0 Å². The lowest BCUT2D eigenvalue weighted by molar-refractivity contribution is 0.669. The Morgan fingerprint density at radius 3 is 2.08 bits per heavy atom. The van der Waals surface area contributed by atoms with Crippen LogP contribution in [0.3, 0.4) is 0 Å². The number of fused-ring (bicyclic) bond motifs is 11. The van der Waals surface area contributed by atoms with E-state index in [1.165, 1.54) is 52.8 Å². The van der Waals surface area contributed by atoms with Crippen LogP contribution in [-0.2, 0) is 0 Å². The van der Waals surface area contributed by atoms with Gasteiger partial charge in [0.05, 0.1) is 22.1 Å². The first-order valence-corrected chi connectivity index (χ1v) is 17.7. The molecule has 3 nitrogen and oxygen atoms in total. The van der Waals surface area contributed by atoms with E-state index in [0.29, 0.717) is 0 Å². The summed E-state index contributed by atoms with van der Waals surface area (Å²) in [6.45, 7) is 0. The Morgan fingerprint density at radius 2 is 1.16 bits per heavy atom. The maximum atomic E-state index is 6.42. The van der Waals surface area contributed by atoms with Crippen LogP contribution in [-0.4, -0.2) is 4.57 Å². The van der Waals surface area contributed by atoms with E-state index < -0.39 is 0 Å². The lowest BCUT2D eigenvalue weighted by Crippen LogP contribution is -2.10. The van der Waals surface area contributed by atoms with Gasteiger partial charge in [-0.2, -0.15) is 0 Å². The van der Waals surface area contributed by atoms with Crippen LogP contribution in [0.15, 0.2) is 174 Å². The predicted molar refractivity (Wildman–Crippen MR) is 213 cm³/mol. The fourth-order valence-corrected chi connectivity index (χ4v) is 9.23. The van der Waals surface area contributed by atoms with Gasteiger partial charge in [-0.3, -0.25) is 0 Å². The zero-order valence-corrected chi connectivity index (χ0v) is 27.7. The van der Waals surface area contributed by atoms with Gasteiger partial charge in [0.2, 0.25) is 0 Å². The molecule has 4 heteroatoms. The van der Waals surface area contributed by atoms with Crippen molar-refractivity contribution in [2.45, 2.75) is 0 Å². The molecule has 0 amide bonds. The molecule has 0 aliphatic heterocycles. The Bertz CT molecular complexity index is 3110. The highest BCUT2D eigenvalue weighted by atomic mass is 32.1. The summed E-state index contributed by atoms with van der Waals surface area (Å²) in [4.78, 5) is 2.42. The average Bonchev–Trinajstić information content (AvgIpc) is 3.85. The third-order valence-corrected chi connectivity index (χ3v) is 11.4. The van der Waals surface area contributed by atoms with Gasteiger partial charge in [0.1, 0.15) is 11.2 Å². The third-order valence-electron chi connectivity index (χ3n) is 10.2. The molecule has 50 heavy (non-hydrogen) atoms. The Kier molecular flexibility index (Phi) is 5.83. The monoisotopic (exact) mass is 656 g/mol. The largest absolute Gasteiger partial charge is 0.456 e. The van der Waals surface area contributed by atoms with E-state index in [0.717, 1.165) is 44.7 Å². The minimum atomic E-state index is 0.880. The molecule has 0 radical (unpaired) electrons. The third kappa shape index (κ3) is 3.97. The van der Waals surface area contributed by atoms with E-state index in [9.17, 15) is 0 Å². The summed E-state index contributed by atoms with van der Waals surface area (Å²) in [6.07, 6.45) is 0. The van der Waals surface area contributed by atoms with E-state index in [1.807, 2.05) is 17.4 Å². The zero-order chi connectivity index (χ0) is 32.8. The first kappa shape index (κ1) is 27.6. The summed E-state index contributed by atoms with van der Waals surface area (Å²) in [6, 6.07) is 61.2. The van der Waals surface area contributed by atoms with Crippen LogP contribution in [0, 0.1) is 0 Å². The lowest BCUT2D eigenvalue weighted by atomic mass is 10.0. The van der Waals surface area contributed by atoms with Crippen LogP contribution in [0.2, 0.25) is 0 Å². The van der Waals surface area contributed by atoms with Gasteiger partial charge < -0.3 is 13.9 Å². The molecule has 8 aromatic carbocycles. The van der Waals surface area contributed by atoms with Crippen molar-refractivity contribution in [1.29, 1.82) is 0 Å². The quantitative estimate of drug-likeness (QED) is 0.188. The second-order valence-corrected chi connectivity index (χ2v) is 14.0. The first-order chi connectivity index (χ1) is 24.8. The van der Waals surface area contributed by atoms with Crippen molar-refractivity contribution in [3.05, 3.63) is 170 Å². The minimum absolute atomic E-state index is 0.880. The van der Waals surface area contributed by atoms with Crippen molar-refractivity contribution in [3.8, 4) is 5.69 Å². The van der Waals surface area contributed by atoms with E-state index in [2.05, 4.69) is 173 Å². The number of furan rings is 1. The summed E-state index contributed by atoms with van der Waals surface area (Å²) in [5.41, 5.74) is 8.59. The molecule has 0 fully saturated rings. The Morgan fingerprint density at radius 1 is 0.460 bits per heavy atom. The molecule has 0 saturated carbocycles. The Labute approximate surface area is 291 Å². The molecule has 234 valence electrons. The van der Waals surface area contributed by atoms with Crippen molar-refractivity contribution < 1.29 is 4.42 Å². The molecule has 0 atom stereocenters. The van der Waals surface area contributed by atoms with Gasteiger partial charge >= 0.3 is 0 Å². The summed E-state index contributed by atoms with van der Waals surface area (Å²) >= 11 is 1.88. The van der Waals surface area contributed by atoms with Gasteiger partial charge in [-0.15, -0.1) is 11.3 Å². The topological polar surface area (TPSA) is 21.3 Å². The molecular formula is C46H28N2OS. The number of rotatable bonds is 4. The number of benzene rings is 8.